The number of carbonyl (C=O) groups excluding carboxylic acids is 1. The molecule has 1 atom stereocenters. The molecule has 2 saturated carbocycles. The van der Waals surface area contributed by atoms with Crippen molar-refractivity contribution in [1.29, 1.82) is 0 Å². The molecule has 2 aliphatic rings. The Morgan fingerprint density at radius 1 is 0.886 bits per heavy atom. The molecule has 1 amide bonds. The molecule has 2 aromatic carbocycles. The monoisotopic (exact) mass is 483 g/mol. The zero-order chi connectivity index (χ0) is 24.4. The molecule has 1 unspecified atom stereocenters. The number of carbonyl (C=O) groups is 1. The van der Waals surface area contributed by atoms with Crippen molar-refractivity contribution in [1.82, 2.24) is 14.9 Å². The van der Waals surface area contributed by atoms with Crippen molar-refractivity contribution in [3.8, 4) is 11.4 Å². The van der Waals surface area contributed by atoms with Crippen LogP contribution in [0, 0.1) is 5.92 Å². The fourth-order valence-electron chi connectivity index (χ4n) is 5.86. The number of amides is 1. The summed E-state index contributed by atoms with van der Waals surface area (Å²) in [4.78, 5) is 18.7. The fraction of sp³-hybridized carbons (Fsp3) is 0.500. The van der Waals surface area contributed by atoms with E-state index in [1.807, 2.05) is 28.8 Å². The summed E-state index contributed by atoms with van der Waals surface area (Å²) in [6.07, 6.45) is 6.33. The summed E-state index contributed by atoms with van der Waals surface area (Å²) >= 11 is 0. The van der Waals surface area contributed by atoms with E-state index in [1.165, 1.54) is 25.0 Å². The van der Waals surface area contributed by atoms with Crippen molar-refractivity contribution in [2.24, 2.45) is 5.92 Å². The predicted molar refractivity (Wildman–Crippen MR) is 131 cm³/mol. The average molecular weight is 484 g/mol. The summed E-state index contributed by atoms with van der Waals surface area (Å²) in [5.74, 6) is 0.729. The van der Waals surface area contributed by atoms with E-state index in [9.17, 15) is 18.0 Å². The van der Waals surface area contributed by atoms with Gasteiger partial charge in [0.05, 0.1) is 16.6 Å². The Balaban J connectivity index is 1.60. The normalized spacial score (nSPS) is 19.1. The molecule has 0 radical (unpaired) electrons. The van der Waals surface area contributed by atoms with E-state index < -0.39 is 17.8 Å². The van der Waals surface area contributed by atoms with Gasteiger partial charge in [0.1, 0.15) is 11.9 Å². The zero-order valence-electron chi connectivity index (χ0n) is 19.9. The summed E-state index contributed by atoms with van der Waals surface area (Å²) in [5.41, 5.74) is 1.48. The number of aromatic nitrogens is 2. The summed E-state index contributed by atoms with van der Waals surface area (Å²) in [6.45, 7) is 0. The van der Waals surface area contributed by atoms with Crippen molar-refractivity contribution >= 4 is 16.9 Å². The molecule has 2 aliphatic carbocycles. The maximum atomic E-state index is 13.9. The van der Waals surface area contributed by atoms with Crippen molar-refractivity contribution in [3.63, 3.8) is 0 Å². The van der Waals surface area contributed by atoms with Crippen LogP contribution >= 0.6 is 0 Å². The lowest BCUT2D eigenvalue weighted by molar-refractivity contribution is -0.137. The van der Waals surface area contributed by atoms with E-state index in [4.69, 9.17) is 4.98 Å². The molecule has 1 aromatic heterocycles. The number of para-hydroxylation sites is 2. The summed E-state index contributed by atoms with van der Waals surface area (Å²) in [5, 5.41) is 3.34. The first-order chi connectivity index (χ1) is 16.9. The van der Waals surface area contributed by atoms with E-state index in [1.54, 1.807) is 0 Å². The lowest BCUT2D eigenvalue weighted by Gasteiger charge is -2.33. The molecular formula is C28H32F3N3O. The van der Waals surface area contributed by atoms with Crippen LogP contribution in [0.3, 0.4) is 0 Å². The van der Waals surface area contributed by atoms with Crippen LogP contribution in [0.25, 0.3) is 22.4 Å². The molecule has 1 heterocycles. The van der Waals surface area contributed by atoms with Crippen LogP contribution in [0.5, 0.6) is 0 Å². The number of nitrogens with one attached hydrogen (secondary N) is 1. The lowest BCUT2D eigenvalue weighted by atomic mass is 9.82. The molecule has 4 nitrogen and oxygen atoms in total. The van der Waals surface area contributed by atoms with Crippen molar-refractivity contribution < 1.29 is 18.0 Å². The summed E-state index contributed by atoms with van der Waals surface area (Å²) < 4.78 is 41.6. The smallest absolute Gasteiger partial charge is 0.352 e. The van der Waals surface area contributed by atoms with Gasteiger partial charge in [0.15, 0.2) is 0 Å². The van der Waals surface area contributed by atoms with Crippen LogP contribution in [-0.4, -0.2) is 21.5 Å². The van der Waals surface area contributed by atoms with Gasteiger partial charge in [-0.1, -0.05) is 62.8 Å². The Labute approximate surface area is 203 Å². The summed E-state index contributed by atoms with van der Waals surface area (Å²) in [7, 11) is 0. The fourth-order valence-corrected chi connectivity index (χ4v) is 5.86. The Hall–Kier alpha value is -2.83. The quantitative estimate of drug-likeness (QED) is 0.414. The second-order valence-electron chi connectivity index (χ2n) is 10.1. The minimum absolute atomic E-state index is 0.0140. The highest BCUT2D eigenvalue weighted by Gasteiger charge is 2.36. The number of rotatable bonds is 5. The highest BCUT2D eigenvalue weighted by Crippen LogP contribution is 2.39. The average Bonchev–Trinajstić information content (AvgIpc) is 3.24. The van der Waals surface area contributed by atoms with Crippen LogP contribution < -0.4 is 5.32 Å². The van der Waals surface area contributed by atoms with Crippen molar-refractivity contribution in [3.05, 3.63) is 54.1 Å². The van der Waals surface area contributed by atoms with Gasteiger partial charge in [-0.15, -0.1) is 0 Å². The molecule has 0 spiro atoms. The Morgan fingerprint density at radius 2 is 1.51 bits per heavy atom. The summed E-state index contributed by atoms with van der Waals surface area (Å²) in [6, 6.07) is 12.6. The van der Waals surface area contributed by atoms with Gasteiger partial charge in [-0.3, -0.25) is 4.79 Å². The first-order valence-electron chi connectivity index (χ1n) is 12.9. The lowest BCUT2D eigenvalue weighted by Crippen LogP contribution is -2.43. The maximum Gasteiger partial charge on any atom is 0.416 e. The van der Waals surface area contributed by atoms with Crippen molar-refractivity contribution in [2.75, 3.05) is 0 Å². The van der Waals surface area contributed by atoms with Gasteiger partial charge in [-0.25, -0.2) is 4.98 Å². The molecule has 35 heavy (non-hydrogen) atoms. The number of alkyl halides is 3. The number of hydrogen-bond acceptors (Lipinski definition) is 2. The number of hydrogen-bond donors (Lipinski definition) is 1. The molecule has 186 valence electrons. The first kappa shape index (κ1) is 23.9. The van der Waals surface area contributed by atoms with Crippen LogP contribution in [0.1, 0.15) is 75.8 Å². The largest absolute Gasteiger partial charge is 0.416 e. The molecule has 2 fully saturated rings. The Kier molecular flexibility index (Phi) is 6.85. The third kappa shape index (κ3) is 5.09. The first-order valence-corrected chi connectivity index (χ1v) is 12.9. The second-order valence-corrected chi connectivity index (χ2v) is 10.1. The minimum Gasteiger partial charge on any atom is -0.352 e. The number of imidazole rings is 1. The molecular weight excluding hydrogens is 451 g/mol. The molecule has 0 bridgehead atoms. The highest BCUT2D eigenvalue weighted by atomic mass is 19.4. The number of fused-ring (bicyclic) bond motifs is 1. The van der Waals surface area contributed by atoms with E-state index >= 15 is 0 Å². The van der Waals surface area contributed by atoms with E-state index in [0.717, 1.165) is 74.5 Å². The van der Waals surface area contributed by atoms with Gasteiger partial charge in [0, 0.05) is 11.6 Å². The Morgan fingerprint density at radius 3 is 2.17 bits per heavy atom. The SMILES string of the molecule is O=C(NC1CCCCC1)C(C1CCCCC1)n1c(-c2ccc(C(F)(F)F)cc2)nc2ccccc21. The van der Waals surface area contributed by atoms with Gasteiger partial charge < -0.3 is 9.88 Å². The van der Waals surface area contributed by atoms with Gasteiger partial charge in [0.2, 0.25) is 5.91 Å². The third-order valence-corrected chi connectivity index (χ3v) is 7.66. The van der Waals surface area contributed by atoms with Crippen LogP contribution in [0.4, 0.5) is 13.2 Å². The molecule has 5 rings (SSSR count). The number of benzene rings is 2. The van der Waals surface area contributed by atoms with E-state index in [-0.39, 0.29) is 17.9 Å². The van der Waals surface area contributed by atoms with Crippen LogP contribution in [0.2, 0.25) is 0 Å². The zero-order valence-corrected chi connectivity index (χ0v) is 19.9. The standard InChI is InChI=1S/C28H32F3N3O/c29-28(30,31)21-17-15-20(16-18-21)26-33-23-13-7-8-14-24(23)34(26)25(19-9-3-1-4-10-19)27(35)32-22-11-5-2-6-12-22/h7-8,13-19,22,25H,1-6,9-12H2,(H,32,35). The topological polar surface area (TPSA) is 46.9 Å². The second kappa shape index (κ2) is 10.0. The van der Waals surface area contributed by atoms with E-state index in [2.05, 4.69) is 5.32 Å². The molecule has 1 N–H and O–H groups in total. The Bertz CT molecular complexity index is 1160. The predicted octanol–water partition coefficient (Wildman–Crippen LogP) is 7.29. The van der Waals surface area contributed by atoms with E-state index in [0.29, 0.717) is 11.4 Å². The van der Waals surface area contributed by atoms with Crippen LogP contribution in [0.15, 0.2) is 48.5 Å². The van der Waals surface area contributed by atoms with Gasteiger partial charge in [-0.05, 0) is 55.9 Å². The van der Waals surface area contributed by atoms with Crippen molar-refractivity contribution in [2.45, 2.75) is 82.5 Å². The molecule has 7 heteroatoms. The highest BCUT2D eigenvalue weighted by molar-refractivity contribution is 5.87. The van der Waals surface area contributed by atoms with Gasteiger partial charge in [0.25, 0.3) is 0 Å². The minimum atomic E-state index is -4.40. The molecule has 3 aromatic rings. The number of halogens is 3. The van der Waals surface area contributed by atoms with Gasteiger partial charge >= 0.3 is 6.18 Å². The third-order valence-electron chi connectivity index (χ3n) is 7.66. The molecule has 0 saturated heterocycles. The van der Waals surface area contributed by atoms with Crippen LogP contribution in [-0.2, 0) is 11.0 Å². The number of nitrogens with zero attached hydrogens (tertiary/aromatic N) is 2. The van der Waals surface area contributed by atoms with Gasteiger partial charge in [-0.2, -0.15) is 13.2 Å². The molecule has 0 aliphatic heterocycles. The maximum absolute atomic E-state index is 13.9.